The average molecular weight is 396 g/mol. The lowest BCUT2D eigenvalue weighted by atomic mass is 10.1. The number of nitrogens with one attached hydrogen (secondary N) is 1. The van der Waals surface area contributed by atoms with Gasteiger partial charge in [0.1, 0.15) is 5.82 Å². The van der Waals surface area contributed by atoms with Gasteiger partial charge in [0, 0.05) is 30.8 Å². The molecule has 1 aliphatic rings. The molecule has 150 valence electrons. The number of benzene rings is 2. The fourth-order valence-corrected chi connectivity index (χ4v) is 3.18. The minimum atomic E-state index is -0.294. The van der Waals surface area contributed by atoms with Gasteiger partial charge in [-0.05, 0) is 48.9 Å². The summed E-state index contributed by atoms with van der Waals surface area (Å²) < 4.78 is 24.9. The zero-order valence-electron chi connectivity index (χ0n) is 16.0. The van der Waals surface area contributed by atoms with Crippen LogP contribution in [0.4, 0.5) is 10.1 Å². The zero-order valence-corrected chi connectivity index (χ0v) is 16.0. The minimum Gasteiger partial charge on any atom is -0.378 e. The molecule has 1 aromatic heterocycles. The van der Waals surface area contributed by atoms with E-state index in [1.807, 2.05) is 11.0 Å². The molecule has 2 heterocycles. The Kier molecular flexibility index (Phi) is 5.53. The Balaban J connectivity index is 1.37. The van der Waals surface area contributed by atoms with Gasteiger partial charge in [0.2, 0.25) is 0 Å². The molecule has 1 N–H and O–H groups in total. The molecule has 0 spiro atoms. The van der Waals surface area contributed by atoms with E-state index >= 15 is 0 Å². The van der Waals surface area contributed by atoms with Crippen LogP contribution >= 0.6 is 0 Å². The molecular formula is C21H21FN4O3. The Morgan fingerprint density at radius 2 is 1.93 bits per heavy atom. The molecule has 0 aliphatic carbocycles. The Bertz CT molecular complexity index is 997. The molecule has 0 saturated carbocycles. The maximum absolute atomic E-state index is 14.5. The lowest BCUT2D eigenvalue weighted by molar-refractivity contribution is 0.0951. The van der Waals surface area contributed by atoms with Crippen LogP contribution in [-0.2, 0) is 11.3 Å². The first-order chi connectivity index (χ1) is 14.1. The van der Waals surface area contributed by atoms with Crippen molar-refractivity contribution < 1.29 is 18.4 Å². The van der Waals surface area contributed by atoms with Crippen LogP contribution in [0.2, 0.25) is 0 Å². The lowest BCUT2D eigenvalue weighted by Gasteiger charge is -2.29. The molecule has 4 rings (SSSR count). The van der Waals surface area contributed by atoms with Crippen LogP contribution in [0, 0.1) is 12.7 Å². The number of nitrogens with zero attached hydrogens (tertiary/aromatic N) is 3. The molecule has 8 heteroatoms. The Labute approximate surface area is 167 Å². The van der Waals surface area contributed by atoms with Crippen LogP contribution in [0.5, 0.6) is 0 Å². The highest BCUT2D eigenvalue weighted by Crippen LogP contribution is 2.22. The van der Waals surface area contributed by atoms with E-state index in [9.17, 15) is 9.18 Å². The van der Waals surface area contributed by atoms with Crippen molar-refractivity contribution in [2.24, 2.45) is 0 Å². The normalized spacial score (nSPS) is 14.1. The molecule has 1 aliphatic heterocycles. The minimum absolute atomic E-state index is 0.240. The van der Waals surface area contributed by atoms with E-state index in [1.165, 1.54) is 6.07 Å². The number of halogens is 1. The van der Waals surface area contributed by atoms with Crippen LogP contribution < -0.4 is 10.2 Å². The van der Waals surface area contributed by atoms with Crippen LogP contribution in [0.15, 0.2) is 47.0 Å². The van der Waals surface area contributed by atoms with Crippen molar-refractivity contribution in [1.82, 2.24) is 15.5 Å². The largest absolute Gasteiger partial charge is 0.378 e. The van der Waals surface area contributed by atoms with Crippen molar-refractivity contribution in [3.63, 3.8) is 0 Å². The second-order valence-corrected chi connectivity index (χ2v) is 6.79. The average Bonchev–Trinajstić information content (AvgIpc) is 3.19. The number of ether oxygens (including phenoxy) is 1. The quantitative estimate of drug-likeness (QED) is 0.714. The summed E-state index contributed by atoms with van der Waals surface area (Å²) in [7, 11) is 0. The molecule has 0 bridgehead atoms. The van der Waals surface area contributed by atoms with Crippen LogP contribution in [0.25, 0.3) is 11.5 Å². The van der Waals surface area contributed by atoms with Crippen molar-refractivity contribution in [2.75, 3.05) is 31.2 Å². The van der Waals surface area contributed by atoms with Crippen molar-refractivity contribution in [2.45, 2.75) is 13.5 Å². The van der Waals surface area contributed by atoms with Crippen molar-refractivity contribution in [3.05, 3.63) is 65.2 Å². The van der Waals surface area contributed by atoms with Gasteiger partial charge in [-0.3, -0.25) is 4.79 Å². The number of hydrogen-bond donors (Lipinski definition) is 1. The van der Waals surface area contributed by atoms with Gasteiger partial charge in [-0.25, -0.2) is 4.39 Å². The van der Waals surface area contributed by atoms with Crippen molar-refractivity contribution in [1.29, 1.82) is 0 Å². The first-order valence-corrected chi connectivity index (χ1v) is 9.40. The van der Waals surface area contributed by atoms with Gasteiger partial charge in [-0.1, -0.05) is 11.2 Å². The molecule has 1 fully saturated rings. The number of amides is 1. The second kappa shape index (κ2) is 8.40. The Hall–Kier alpha value is -3.26. The van der Waals surface area contributed by atoms with Gasteiger partial charge in [-0.2, -0.15) is 4.98 Å². The third-order valence-corrected chi connectivity index (χ3v) is 4.74. The number of aromatic nitrogens is 2. The molecular weight excluding hydrogens is 375 g/mol. The molecule has 7 nitrogen and oxygen atoms in total. The van der Waals surface area contributed by atoms with E-state index < -0.39 is 0 Å². The predicted octanol–water partition coefficient (Wildman–Crippen LogP) is 2.95. The summed E-state index contributed by atoms with van der Waals surface area (Å²) >= 11 is 0. The summed E-state index contributed by atoms with van der Waals surface area (Å²) in [6.45, 7) is 4.53. The predicted molar refractivity (Wildman–Crippen MR) is 105 cm³/mol. The third-order valence-electron chi connectivity index (χ3n) is 4.74. The molecule has 0 unspecified atom stereocenters. The monoisotopic (exact) mass is 396 g/mol. The summed E-state index contributed by atoms with van der Waals surface area (Å²) in [5.74, 6) is 0.424. The van der Waals surface area contributed by atoms with E-state index in [0.717, 1.165) is 5.56 Å². The fraction of sp³-hybridized carbons (Fsp3) is 0.286. The maximum atomic E-state index is 14.5. The first-order valence-electron chi connectivity index (χ1n) is 9.40. The first kappa shape index (κ1) is 19.1. The number of hydrogen-bond acceptors (Lipinski definition) is 6. The molecule has 0 radical (unpaired) electrons. The number of rotatable bonds is 5. The summed E-state index contributed by atoms with van der Waals surface area (Å²) in [5.41, 5.74) is 2.50. The Morgan fingerprint density at radius 3 is 2.59 bits per heavy atom. The molecule has 29 heavy (non-hydrogen) atoms. The van der Waals surface area contributed by atoms with Crippen LogP contribution in [0.3, 0.4) is 0 Å². The summed E-state index contributed by atoms with van der Waals surface area (Å²) in [4.78, 5) is 18.5. The summed E-state index contributed by atoms with van der Waals surface area (Å²) in [6, 6.07) is 11.9. The van der Waals surface area contributed by atoms with Gasteiger partial charge in [0.15, 0.2) is 5.82 Å². The lowest BCUT2D eigenvalue weighted by Crippen LogP contribution is -2.36. The van der Waals surface area contributed by atoms with Crippen molar-refractivity contribution >= 4 is 11.6 Å². The number of aryl methyl sites for hydroxylation is 1. The highest BCUT2D eigenvalue weighted by atomic mass is 19.1. The van der Waals surface area contributed by atoms with E-state index in [0.29, 0.717) is 54.8 Å². The molecule has 3 aromatic rings. The fourth-order valence-electron chi connectivity index (χ4n) is 3.18. The Morgan fingerprint density at radius 1 is 1.17 bits per heavy atom. The van der Waals surface area contributed by atoms with Gasteiger partial charge >= 0.3 is 0 Å². The van der Waals surface area contributed by atoms with Gasteiger partial charge in [0.25, 0.3) is 11.8 Å². The van der Waals surface area contributed by atoms with E-state index in [2.05, 4.69) is 15.5 Å². The number of carbonyl (C=O) groups is 1. The molecule has 1 saturated heterocycles. The van der Waals surface area contributed by atoms with E-state index in [4.69, 9.17) is 9.26 Å². The number of anilines is 1. The third kappa shape index (κ3) is 4.43. The topological polar surface area (TPSA) is 80.5 Å². The summed E-state index contributed by atoms with van der Waals surface area (Å²) in [6.07, 6.45) is 0. The highest BCUT2D eigenvalue weighted by molar-refractivity contribution is 5.94. The summed E-state index contributed by atoms with van der Waals surface area (Å²) in [5, 5.41) is 6.57. The second-order valence-electron chi connectivity index (χ2n) is 6.79. The van der Waals surface area contributed by atoms with Crippen LogP contribution in [0.1, 0.15) is 21.7 Å². The zero-order chi connectivity index (χ0) is 20.2. The van der Waals surface area contributed by atoms with Crippen LogP contribution in [-0.4, -0.2) is 42.4 Å². The molecule has 2 aromatic carbocycles. The highest BCUT2D eigenvalue weighted by Gasteiger charge is 2.15. The van der Waals surface area contributed by atoms with Gasteiger partial charge in [-0.15, -0.1) is 0 Å². The van der Waals surface area contributed by atoms with E-state index in [-0.39, 0.29) is 18.3 Å². The standard InChI is InChI=1S/C21H21FN4O3/c1-14-24-21(29-25-14)17-5-3-16(4-6-17)20(27)23-13-15-2-7-19(18(22)12-15)26-8-10-28-11-9-26/h2-7,12H,8-11,13H2,1H3,(H,23,27). The smallest absolute Gasteiger partial charge is 0.257 e. The van der Waals surface area contributed by atoms with E-state index in [1.54, 1.807) is 37.3 Å². The van der Waals surface area contributed by atoms with Crippen molar-refractivity contribution in [3.8, 4) is 11.5 Å². The number of morpholine rings is 1. The van der Waals surface area contributed by atoms with Gasteiger partial charge in [0.05, 0.1) is 18.9 Å². The maximum Gasteiger partial charge on any atom is 0.257 e. The molecule has 0 atom stereocenters. The van der Waals surface area contributed by atoms with Gasteiger partial charge < -0.3 is 19.5 Å². The SMILES string of the molecule is Cc1noc(-c2ccc(C(=O)NCc3ccc(N4CCOCC4)c(F)c3)cc2)n1. The number of carbonyl (C=O) groups excluding carboxylic acids is 1. The molecule has 1 amide bonds.